The summed E-state index contributed by atoms with van der Waals surface area (Å²) in [4.78, 5) is 11.9. The Bertz CT molecular complexity index is 778. The molecule has 0 atom stereocenters. The molecule has 6 nitrogen and oxygen atoms in total. The van der Waals surface area contributed by atoms with E-state index in [0.717, 1.165) is 36.6 Å². The van der Waals surface area contributed by atoms with Crippen LogP contribution in [0.25, 0.3) is 10.9 Å². The summed E-state index contributed by atoms with van der Waals surface area (Å²) in [7, 11) is 1.59. The van der Waals surface area contributed by atoms with Crippen molar-refractivity contribution in [3.8, 4) is 11.6 Å². The number of rotatable bonds is 9. The van der Waals surface area contributed by atoms with E-state index in [2.05, 4.69) is 31.0 Å². The number of methoxy groups -OCH3 is 1. The van der Waals surface area contributed by atoms with Gasteiger partial charge in [-0.3, -0.25) is 4.79 Å². The molecule has 2 aromatic rings. The highest BCUT2D eigenvalue weighted by Crippen LogP contribution is 2.40. The molecule has 0 radical (unpaired) electrons. The summed E-state index contributed by atoms with van der Waals surface area (Å²) < 4.78 is 7.11. The number of carbonyl (C=O) groups excluding carboxylic acids is 1. The van der Waals surface area contributed by atoms with Gasteiger partial charge < -0.3 is 14.4 Å². The molecule has 26 heavy (non-hydrogen) atoms. The van der Waals surface area contributed by atoms with Crippen molar-refractivity contribution in [2.45, 2.75) is 59.4 Å². The van der Waals surface area contributed by atoms with Gasteiger partial charge in [-0.15, -0.1) is 10.2 Å². The topological polar surface area (TPSA) is 76.2 Å². The number of fused-ring (bicyclic) bond motifs is 1. The first-order chi connectivity index (χ1) is 12.5. The fourth-order valence-corrected chi connectivity index (χ4v) is 2.82. The molecule has 0 unspecified atom stereocenters. The zero-order chi connectivity index (χ0) is 19.1. The van der Waals surface area contributed by atoms with Crippen LogP contribution in [0.3, 0.4) is 0 Å². The van der Waals surface area contributed by atoms with E-state index in [-0.39, 0.29) is 11.8 Å². The predicted octanol–water partition coefficient (Wildman–Crippen LogP) is 5.59. The van der Waals surface area contributed by atoms with Gasteiger partial charge in [0.25, 0.3) is 5.91 Å². The second kappa shape index (κ2) is 9.36. The van der Waals surface area contributed by atoms with Gasteiger partial charge in [-0.05, 0) is 37.0 Å². The third-order valence-electron chi connectivity index (χ3n) is 4.40. The lowest BCUT2D eigenvalue weighted by Gasteiger charge is -2.09. The summed E-state index contributed by atoms with van der Waals surface area (Å²) >= 11 is 0. The van der Waals surface area contributed by atoms with Crippen LogP contribution in [0.15, 0.2) is 28.4 Å². The Hall–Kier alpha value is -2.37. The van der Waals surface area contributed by atoms with Gasteiger partial charge in [0.05, 0.1) is 12.6 Å². The minimum Gasteiger partial charge on any atom is -0.497 e. The average molecular weight is 359 g/mol. The molecule has 0 fully saturated rings. The van der Waals surface area contributed by atoms with Crippen molar-refractivity contribution in [3.05, 3.63) is 18.2 Å². The van der Waals surface area contributed by atoms with Crippen molar-refractivity contribution in [3.63, 3.8) is 0 Å². The highest BCUT2D eigenvalue weighted by atomic mass is 16.5. The fraction of sp³-hybridized carbons (Fsp3) is 0.550. The van der Waals surface area contributed by atoms with Crippen LogP contribution in [-0.2, 0) is 11.3 Å². The minimum absolute atomic E-state index is 0.0408. The Morgan fingerprint density at radius 1 is 1.31 bits per heavy atom. The van der Waals surface area contributed by atoms with E-state index in [1.54, 1.807) is 7.11 Å². The number of benzene rings is 1. The summed E-state index contributed by atoms with van der Waals surface area (Å²) in [6, 6.07) is 5.57. The molecule has 142 valence electrons. The number of hydrogen-bond donors (Lipinski definition) is 1. The zero-order valence-electron chi connectivity index (χ0n) is 16.2. The van der Waals surface area contributed by atoms with E-state index in [1.165, 1.54) is 0 Å². The molecule has 6 heteroatoms. The zero-order valence-corrected chi connectivity index (χ0v) is 16.2. The first-order valence-electron chi connectivity index (χ1n) is 9.31. The number of azo groups is 1. The maximum absolute atomic E-state index is 11.9. The number of hydrogen-bond acceptors (Lipinski definition) is 4. The third-order valence-corrected chi connectivity index (χ3v) is 4.40. The number of ether oxygens (including phenoxy) is 1. The number of aromatic hydroxyl groups is 1. The summed E-state index contributed by atoms with van der Waals surface area (Å²) in [6.45, 7) is 7.04. The lowest BCUT2D eigenvalue weighted by Crippen LogP contribution is -2.00. The number of aromatic nitrogens is 1. The van der Waals surface area contributed by atoms with Crippen LogP contribution in [0.4, 0.5) is 5.69 Å². The minimum atomic E-state index is -0.260. The van der Waals surface area contributed by atoms with E-state index in [4.69, 9.17) is 4.74 Å². The molecule has 1 heterocycles. The number of carbonyl (C=O) groups is 1. The van der Waals surface area contributed by atoms with Crippen LogP contribution in [0.2, 0.25) is 0 Å². The first-order valence-corrected chi connectivity index (χ1v) is 9.31. The summed E-state index contributed by atoms with van der Waals surface area (Å²) in [5.74, 6) is 0.961. The van der Waals surface area contributed by atoms with Gasteiger partial charge in [0.2, 0.25) is 5.88 Å². The van der Waals surface area contributed by atoms with Crippen molar-refractivity contribution in [1.82, 2.24) is 4.57 Å². The van der Waals surface area contributed by atoms with Crippen LogP contribution in [0, 0.1) is 5.92 Å². The average Bonchev–Trinajstić information content (AvgIpc) is 2.88. The van der Waals surface area contributed by atoms with Crippen LogP contribution in [0.5, 0.6) is 11.6 Å². The maximum atomic E-state index is 11.9. The Kier molecular flexibility index (Phi) is 7.18. The highest BCUT2D eigenvalue weighted by molar-refractivity contribution is 5.96. The largest absolute Gasteiger partial charge is 0.497 e. The number of unbranched alkanes of at least 4 members (excludes halogenated alkanes) is 2. The van der Waals surface area contributed by atoms with Gasteiger partial charge >= 0.3 is 0 Å². The number of amides is 1. The Labute approximate surface area is 154 Å². The molecule has 0 aliphatic rings. The van der Waals surface area contributed by atoms with E-state index in [1.807, 2.05) is 22.8 Å². The van der Waals surface area contributed by atoms with Gasteiger partial charge in [0.1, 0.15) is 5.75 Å². The Morgan fingerprint density at radius 3 is 2.73 bits per heavy atom. The lowest BCUT2D eigenvalue weighted by molar-refractivity contribution is -0.118. The second-order valence-corrected chi connectivity index (χ2v) is 6.94. The molecule has 1 aromatic heterocycles. The van der Waals surface area contributed by atoms with E-state index < -0.39 is 0 Å². The van der Waals surface area contributed by atoms with Crippen LogP contribution in [0.1, 0.15) is 52.9 Å². The molecular weight excluding hydrogens is 330 g/mol. The monoisotopic (exact) mass is 359 g/mol. The van der Waals surface area contributed by atoms with Crippen molar-refractivity contribution in [2.24, 2.45) is 16.1 Å². The van der Waals surface area contributed by atoms with E-state index in [0.29, 0.717) is 30.3 Å². The van der Waals surface area contributed by atoms with Gasteiger partial charge in [-0.25, -0.2) is 0 Å². The maximum Gasteiger partial charge on any atom is 0.264 e. The van der Waals surface area contributed by atoms with E-state index in [9.17, 15) is 9.90 Å². The molecule has 0 aliphatic carbocycles. The van der Waals surface area contributed by atoms with Gasteiger partial charge in [-0.2, -0.15) is 0 Å². The molecule has 1 aromatic carbocycles. The van der Waals surface area contributed by atoms with Gasteiger partial charge in [0.15, 0.2) is 5.69 Å². The Balaban J connectivity index is 2.36. The van der Waals surface area contributed by atoms with Gasteiger partial charge in [-0.1, -0.05) is 33.6 Å². The van der Waals surface area contributed by atoms with Crippen molar-refractivity contribution < 1.29 is 14.6 Å². The Morgan fingerprint density at radius 2 is 2.08 bits per heavy atom. The molecule has 0 saturated heterocycles. The SMILES string of the molecule is CCCCCC(=O)N=Nc1c(O)n(CCC(C)C)c2ccc(OC)cc12. The quantitative estimate of drug-likeness (QED) is 0.468. The summed E-state index contributed by atoms with van der Waals surface area (Å²) in [6.07, 6.45) is 4.17. The standard InChI is InChI=1S/C20H29N3O3/c1-5-6-7-8-18(24)21-22-19-16-13-15(26-4)9-10-17(16)23(20(19)25)12-11-14(2)3/h9-10,13-14,25H,5-8,11-12H2,1-4H3. The van der Waals surface area contributed by atoms with Crippen molar-refractivity contribution in [2.75, 3.05) is 7.11 Å². The summed E-state index contributed by atoms with van der Waals surface area (Å²) in [5, 5.41) is 19.3. The normalized spacial score (nSPS) is 11.7. The number of aryl methyl sites for hydroxylation is 1. The van der Waals surface area contributed by atoms with Crippen LogP contribution < -0.4 is 4.74 Å². The molecule has 0 aliphatic heterocycles. The van der Waals surface area contributed by atoms with Crippen LogP contribution in [-0.4, -0.2) is 22.7 Å². The van der Waals surface area contributed by atoms with E-state index >= 15 is 0 Å². The smallest absolute Gasteiger partial charge is 0.264 e. The van der Waals surface area contributed by atoms with Crippen molar-refractivity contribution >= 4 is 22.5 Å². The molecule has 1 N–H and O–H groups in total. The molecule has 2 rings (SSSR count). The highest BCUT2D eigenvalue weighted by Gasteiger charge is 2.18. The predicted molar refractivity (Wildman–Crippen MR) is 103 cm³/mol. The molecule has 0 bridgehead atoms. The number of nitrogens with zero attached hydrogens (tertiary/aromatic N) is 3. The first kappa shape index (κ1) is 19.9. The fourth-order valence-electron chi connectivity index (χ4n) is 2.82. The summed E-state index contributed by atoms with van der Waals surface area (Å²) in [5.41, 5.74) is 1.18. The molecular formula is C20H29N3O3. The molecule has 0 spiro atoms. The third kappa shape index (κ3) is 4.84. The van der Waals surface area contributed by atoms with Crippen LogP contribution >= 0.6 is 0 Å². The second-order valence-electron chi connectivity index (χ2n) is 6.94. The lowest BCUT2D eigenvalue weighted by atomic mass is 10.1. The molecule has 0 saturated carbocycles. The molecule has 1 amide bonds. The van der Waals surface area contributed by atoms with Gasteiger partial charge in [0, 0.05) is 18.4 Å². The van der Waals surface area contributed by atoms with Crippen molar-refractivity contribution in [1.29, 1.82) is 0 Å².